The third kappa shape index (κ3) is 4.40. The third-order valence-corrected chi connectivity index (χ3v) is 6.42. The molecule has 0 aliphatic heterocycles. The number of rotatable bonds is 6. The minimum absolute atomic E-state index is 0.229. The molecule has 0 bridgehead atoms. The number of nitrogens with zero attached hydrogens (tertiary/aromatic N) is 3. The minimum atomic E-state index is -2.49. The van der Waals surface area contributed by atoms with Crippen LogP contribution in [0.15, 0.2) is 48.7 Å². The molecule has 1 N–H and O–H groups in total. The first-order valence-corrected chi connectivity index (χ1v) is 11.2. The van der Waals surface area contributed by atoms with Gasteiger partial charge in [0.05, 0.1) is 12.2 Å². The SMILES string of the molecule is Cc1cc(C)cc(-c2ccc(N(C3CCCc4c3cnn4CC(=O)O)S(=O)[O-])cc2)c1. The smallest absolute Gasteiger partial charge is 0.325 e. The van der Waals surface area contributed by atoms with Crippen molar-refractivity contribution >= 4 is 22.9 Å². The predicted octanol–water partition coefficient (Wildman–Crippen LogP) is 3.93. The van der Waals surface area contributed by atoms with Crippen LogP contribution in [0, 0.1) is 13.8 Å². The number of carboxylic acids is 1. The Morgan fingerprint density at radius 1 is 1.19 bits per heavy atom. The Balaban J connectivity index is 1.67. The van der Waals surface area contributed by atoms with Gasteiger partial charge in [0.2, 0.25) is 0 Å². The van der Waals surface area contributed by atoms with Crippen LogP contribution in [0.2, 0.25) is 0 Å². The zero-order valence-electron chi connectivity index (χ0n) is 17.4. The Bertz CT molecular complexity index is 1120. The van der Waals surface area contributed by atoms with Gasteiger partial charge in [-0.3, -0.25) is 18.0 Å². The minimum Gasteiger partial charge on any atom is -0.755 e. The molecule has 0 fully saturated rings. The summed E-state index contributed by atoms with van der Waals surface area (Å²) in [7, 11) is 0. The van der Waals surface area contributed by atoms with E-state index < -0.39 is 23.3 Å². The van der Waals surface area contributed by atoms with E-state index in [2.05, 4.69) is 37.1 Å². The van der Waals surface area contributed by atoms with E-state index in [1.807, 2.05) is 24.3 Å². The first-order valence-electron chi connectivity index (χ1n) is 10.2. The molecule has 1 aliphatic carbocycles. The summed E-state index contributed by atoms with van der Waals surface area (Å²) in [6.07, 6.45) is 3.70. The van der Waals surface area contributed by atoms with Gasteiger partial charge in [0.25, 0.3) is 0 Å². The quantitative estimate of drug-likeness (QED) is 0.588. The maximum atomic E-state index is 12.2. The van der Waals surface area contributed by atoms with Gasteiger partial charge in [-0.2, -0.15) is 5.10 Å². The summed E-state index contributed by atoms with van der Waals surface area (Å²) in [6.45, 7) is 3.88. The molecular weight excluding hydrogens is 414 g/mol. The van der Waals surface area contributed by atoms with Crippen molar-refractivity contribution < 1.29 is 18.7 Å². The van der Waals surface area contributed by atoms with Crippen molar-refractivity contribution in [3.8, 4) is 11.1 Å². The topological polar surface area (TPSA) is 98.5 Å². The van der Waals surface area contributed by atoms with Crippen LogP contribution in [-0.2, 0) is 29.0 Å². The van der Waals surface area contributed by atoms with Gasteiger partial charge in [0.1, 0.15) is 6.54 Å². The molecule has 0 saturated carbocycles. The van der Waals surface area contributed by atoms with Crippen molar-refractivity contribution in [3.63, 3.8) is 0 Å². The molecule has 2 unspecified atom stereocenters. The second kappa shape index (κ2) is 8.64. The van der Waals surface area contributed by atoms with Gasteiger partial charge >= 0.3 is 5.97 Å². The maximum absolute atomic E-state index is 12.2. The van der Waals surface area contributed by atoms with Crippen LogP contribution < -0.4 is 4.31 Å². The van der Waals surface area contributed by atoms with Crippen molar-refractivity contribution in [2.24, 2.45) is 0 Å². The third-order valence-electron chi connectivity index (χ3n) is 5.64. The summed E-state index contributed by atoms with van der Waals surface area (Å²) < 4.78 is 27.3. The Kier molecular flexibility index (Phi) is 5.93. The van der Waals surface area contributed by atoms with Crippen molar-refractivity contribution in [2.45, 2.75) is 45.7 Å². The summed E-state index contributed by atoms with van der Waals surface area (Å²) in [4.78, 5) is 11.1. The average Bonchev–Trinajstić information content (AvgIpc) is 3.11. The second-order valence-electron chi connectivity index (χ2n) is 7.97. The molecule has 7 nitrogen and oxygen atoms in total. The summed E-state index contributed by atoms with van der Waals surface area (Å²) in [5.41, 5.74) is 6.60. The van der Waals surface area contributed by atoms with Gasteiger partial charge in [-0.05, 0) is 56.4 Å². The average molecular weight is 439 g/mol. The van der Waals surface area contributed by atoms with E-state index in [1.54, 1.807) is 6.20 Å². The zero-order chi connectivity index (χ0) is 22.1. The fourth-order valence-electron chi connectivity index (χ4n) is 4.42. The molecule has 0 saturated heterocycles. The number of aliphatic carboxylic acids is 1. The summed E-state index contributed by atoms with van der Waals surface area (Å²) in [5, 5.41) is 13.3. The van der Waals surface area contributed by atoms with Crippen LogP contribution in [0.3, 0.4) is 0 Å². The highest BCUT2D eigenvalue weighted by atomic mass is 32.2. The van der Waals surface area contributed by atoms with E-state index in [9.17, 15) is 13.6 Å². The van der Waals surface area contributed by atoms with Gasteiger partial charge in [-0.15, -0.1) is 0 Å². The first kappa shape index (κ1) is 21.3. The zero-order valence-corrected chi connectivity index (χ0v) is 18.3. The van der Waals surface area contributed by atoms with Crippen LogP contribution in [0.1, 0.15) is 41.3 Å². The van der Waals surface area contributed by atoms with Gasteiger partial charge < -0.3 is 9.66 Å². The lowest BCUT2D eigenvalue weighted by atomic mass is 9.92. The number of fused-ring (bicyclic) bond motifs is 1. The van der Waals surface area contributed by atoms with E-state index in [0.717, 1.165) is 28.8 Å². The fourth-order valence-corrected chi connectivity index (χ4v) is 5.14. The lowest BCUT2D eigenvalue weighted by molar-refractivity contribution is -0.137. The summed E-state index contributed by atoms with van der Waals surface area (Å²) in [6, 6.07) is 13.4. The standard InChI is InChI=1S/C23H25N3O4S/c1-15-10-16(2)12-18(11-15)17-6-8-19(9-7-17)26(31(29)30)22-5-3-4-21-20(22)13-24-25(21)14-23(27)28/h6-13,22H,3-5,14H2,1-2H3,(H,27,28)(H,29,30)/p-1. The molecular formula is C23H24N3O4S-. The molecule has 162 valence electrons. The number of benzene rings is 2. The lowest BCUT2D eigenvalue weighted by Crippen LogP contribution is -2.33. The maximum Gasteiger partial charge on any atom is 0.325 e. The van der Waals surface area contributed by atoms with Crippen LogP contribution in [0.25, 0.3) is 11.1 Å². The Morgan fingerprint density at radius 3 is 2.48 bits per heavy atom. The normalized spacial score (nSPS) is 16.5. The molecule has 3 aromatic rings. The van der Waals surface area contributed by atoms with Crippen molar-refractivity contribution in [3.05, 3.63) is 71.0 Å². The van der Waals surface area contributed by atoms with Crippen LogP contribution in [0.5, 0.6) is 0 Å². The number of carboxylic acid groups (broad SMARTS) is 1. The monoisotopic (exact) mass is 438 g/mol. The Morgan fingerprint density at radius 2 is 1.87 bits per heavy atom. The highest BCUT2D eigenvalue weighted by Crippen LogP contribution is 2.38. The molecule has 0 amide bonds. The van der Waals surface area contributed by atoms with E-state index in [0.29, 0.717) is 18.5 Å². The molecule has 31 heavy (non-hydrogen) atoms. The molecule has 2 aromatic carbocycles. The van der Waals surface area contributed by atoms with E-state index in [1.165, 1.54) is 20.1 Å². The second-order valence-corrected chi connectivity index (χ2v) is 8.80. The first-order chi connectivity index (χ1) is 14.8. The number of hydrogen-bond donors (Lipinski definition) is 1. The summed E-state index contributed by atoms with van der Waals surface area (Å²) in [5.74, 6) is -0.973. The van der Waals surface area contributed by atoms with E-state index in [-0.39, 0.29) is 6.54 Å². The molecule has 1 aromatic heterocycles. The van der Waals surface area contributed by atoms with Gasteiger partial charge in [0, 0.05) is 28.2 Å². The van der Waals surface area contributed by atoms with Crippen molar-refractivity contribution in [1.82, 2.24) is 9.78 Å². The fraction of sp³-hybridized carbons (Fsp3) is 0.304. The van der Waals surface area contributed by atoms with Crippen LogP contribution in [-0.4, -0.2) is 29.6 Å². The molecule has 0 spiro atoms. The van der Waals surface area contributed by atoms with Gasteiger partial charge in [0.15, 0.2) is 0 Å². The highest BCUT2D eigenvalue weighted by molar-refractivity contribution is 7.80. The lowest BCUT2D eigenvalue weighted by Gasteiger charge is -2.37. The van der Waals surface area contributed by atoms with E-state index in [4.69, 9.17) is 5.11 Å². The number of carbonyl (C=O) groups is 1. The number of anilines is 1. The van der Waals surface area contributed by atoms with Crippen LogP contribution >= 0.6 is 0 Å². The Hall–Kier alpha value is -2.97. The van der Waals surface area contributed by atoms with Gasteiger partial charge in [-0.1, -0.05) is 41.5 Å². The Labute approximate surface area is 183 Å². The summed E-state index contributed by atoms with van der Waals surface area (Å²) >= 11 is -2.49. The number of aryl methyl sites for hydroxylation is 2. The number of aromatic nitrogens is 2. The molecule has 1 heterocycles. The van der Waals surface area contributed by atoms with Crippen LogP contribution in [0.4, 0.5) is 5.69 Å². The highest BCUT2D eigenvalue weighted by Gasteiger charge is 2.30. The largest absolute Gasteiger partial charge is 0.755 e. The number of hydrogen-bond acceptors (Lipinski definition) is 4. The molecule has 8 heteroatoms. The molecule has 1 aliphatic rings. The van der Waals surface area contributed by atoms with Crippen molar-refractivity contribution in [2.75, 3.05) is 4.31 Å². The predicted molar refractivity (Wildman–Crippen MR) is 118 cm³/mol. The van der Waals surface area contributed by atoms with Gasteiger partial charge in [-0.25, -0.2) is 0 Å². The molecule has 2 atom stereocenters. The van der Waals surface area contributed by atoms with E-state index >= 15 is 0 Å². The van der Waals surface area contributed by atoms with Crippen molar-refractivity contribution in [1.29, 1.82) is 0 Å². The molecule has 4 rings (SSSR count). The molecule has 0 radical (unpaired) electrons.